The Morgan fingerprint density at radius 3 is 2.38 bits per heavy atom. The second-order valence-corrected chi connectivity index (χ2v) is 5.33. The van der Waals surface area contributed by atoms with Crippen molar-refractivity contribution in [3.63, 3.8) is 0 Å². The third-order valence-electron chi connectivity index (χ3n) is 3.05. The Bertz CT molecular complexity index is 671. The van der Waals surface area contributed by atoms with E-state index in [-0.39, 0.29) is 5.56 Å². The lowest BCUT2D eigenvalue weighted by Crippen LogP contribution is -2.28. The molecule has 0 aromatic heterocycles. The first-order valence-corrected chi connectivity index (χ1v) is 7.00. The molecule has 2 aromatic carbocycles. The zero-order valence-corrected chi connectivity index (χ0v) is 12.7. The van der Waals surface area contributed by atoms with Crippen LogP contribution in [-0.2, 0) is 0 Å². The Labute approximate surface area is 129 Å². The molecule has 0 radical (unpaired) electrons. The zero-order chi connectivity index (χ0) is 15.6. The van der Waals surface area contributed by atoms with E-state index in [1.165, 1.54) is 13.0 Å². The Hall–Kier alpha value is -1.95. The number of carbonyl (C=O) groups excluding carboxylic acids is 1. The van der Waals surface area contributed by atoms with Gasteiger partial charge in [0.05, 0.1) is 16.1 Å². The second-order valence-electron chi connectivity index (χ2n) is 4.54. The lowest BCUT2D eigenvalue weighted by atomic mass is 10.1. The van der Waals surface area contributed by atoms with Crippen molar-refractivity contribution >= 4 is 27.5 Å². The SMILES string of the molecule is CC(NC(=O)c1cccc(N)c1Br)c1c(F)cccc1F. The smallest absolute Gasteiger partial charge is 0.252 e. The van der Waals surface area contributed by atoms with Crippen molar-refractivity contribution in [2.24, 2.45) is 0 Å². The fraction of sp³-hybridized carbons (Fsp3) is 0.133. The molecule has 3 N–H and O–H groups in total. The highest BCUT2D eigenvalue weighted by atomic mass is 79.9. The summed E-state index contributed by atoms with van der Waals surface area (Å²) < 4.78 is 27.8. The third kappa shape index (κ3) is 3.21. The molecule has 0 spiro atoms. The summed E-state index contributed by atoms with van der Waals surface area (Å²) in [6, 6.07) is 7.60. The molecule has 2 aromatic rings. The molecule has 0 aliphatic heterocycles. The van der Waals surface area contributed by atoms with Gasteiger partial charge in [-0.1, -0.05) is 12.1 Å². The highest BCUT2D eigenvalue weighted by Crippen LogP contribution is 2.25. The van der Waals surface area contributed by atoms with E-state index in [1.807, 2.05) is 0 Å². The van der Waals surface area contributed by atoms with Crippen LogP contribution >= 0.6 is 15.9 Å². The van der Waals surface area contributed by atoms with Crippen LogP contribution in [-0.4, -0.2) is 5.91 Å². The van der Waals surface area contributed by atoms with Gasteiger partial charge in [-0.3, -0.25) is 4.79 Å². The van der Waals surface area contributed by atoms with E-state index in [9.17, 15) is 13.6 Å². The van der Waals surface area contributed by atoms with Crippen LogP contribution in [0.25, 0.3) is 0 Å². The minimum absolute atomic E-state index is 0.175. The summed E-state index contributed by atoms with van der Waals surface area (Å²) in [4.78, 5) is 12.2. The predicted molar refractivity (Wildman–Crippen MR) is 80.8 cm³/mol. The molecule has 0 bridgehead atoms. The molecule has 110 valence electrons. The number of benzene rings is 2. The van der Waals surface area contributed by atoms with E-state index in [0.717, 1.165) is 12.1 Å². The van der Waals surface area contributed by atoms with Crippen molar-refractivity contribution in [3.05, 3.63) is 63.6 Å². The monoisotopic (exact) mass is 354 g/mol. The maximum absolute atomic E-state index is 13.7. The zero-order valence-electron chi connectivity index (χ0n) is 11.2. The number of nitrogens with two attached hydrogens (primary N) is 1. The summed E-state index contributed by atoms with van der Waals surface area (Å²) in [6.07, 6.45) is 0. The van der Waals surface area contributed by atoms with E-state index < -0.39 is 23.6 Å². The van der Waals surface area contributed by atoms with Crippen LogP contribution in [0.15, 0.2) is 40.9 Å². The van der Waals surface area contributed by atoms with Crippen molar-refractivity contribution < 1.29 is 13.6 Å². The van der Waals surface area contributed by atoms with Gasteiger partial charge in [0.1, 0.15) is 11.6 Å². The minimum Gasteiger partial charge on any atom is -0.398 e. The van der Waals surface area contributed by atoms with Crippen LogP contribution in [0, 0.1) is 11.6 Å². The van der Waals surface area contributed by atoms with Gasteiger partial charge < -0.3 is 11.1 Å². The van der Waals surface area contributed by atoms with Gasteiger partial charge in [-0.15, -0.1) is 0 Å². The number of rotatable bonds is 3. The van der Waals surface area contributed by atoms with Crippen LogP contribution in [0.5, 0.6) is 0 Å². The molecule has 1 atom stereocenters. The van der Waals surface area contributed by atoms with Gasteiger partial charge in [0.25, 0.3) is 5.91 Å². The van der Waals surface area contributed by atoms with E-state index >= 15 is 0 Å². The van der Waals surface area contributed by atoms with Crippen molar-refractivity contribution in [2.75, 3.05) is 5.73 Å². The first-order chi connectivity index (χ1) is 9.91. The summed E-state index contributed by atoms with van der Waals surface area (Å²) in [7, 11) is 0. The highest BCUT2D eigenvalue weighted by molar-refractivity contribution is 9.10. The third-order valence-corrected chi connectivity index (χ3v) is 3.94. The van der Waals surface area contributed by atoms with Crippen molar-refractivity contribution in [2.45, 2.75) is 13.0 Å². The lowest BCUT2D eigenvalue weighted by Gasteiger charge is -2.16. The summed E-state index contributed by atoms with van der Waals surface area (Å²) in [6.45, 7) is 1.51. The molecule has 6 heteroatoms. The van der Waals surface area contributed by atoms with Gasteiger partial charge >= 0.3 is 0 Å². The standard InChI is InChI=1S/C15H13BrF2N2O/c1-8(13-10(17)5-3-6-11(13)18)20-15(21)9-4-2-7-12(19)14(9)16/h2-8H,19H2,1H3,(H,20,21). The van der Waals surface area contributed by atoms with Gasteiger partial charge in [-0.2, -0.15) is 0 Å². The van der Waals surface area contributed by atoms with E-state index in [4.69, 9.17) is 5.73 Å². The maximum Gasteiger partial charge on any atom is 0.252 e. The molecule has 1 amide bonds. The molecule has 1 unspecified atom stereocenters. The Kier molecular flexibility index (Phi) is 4.57. The van der Waals surface area contributed by atoms with E-state index in [2.05, 4.69) is 21.2 Å². The normalized spacial score (nSPS) is 12.0. The van der Waals surface area contributed by atoms with Gasteiger partial charge in [0.15, 0.2) is 0 Å². The summed E-state index contributed by atoms with van der Waals surface area (Å²) in [5.41, 5.74) is 6.24. The average molecular weight is 355 g/mol. The molecule has 3 nitrogen and oxygen atoms in total. The number of anilines is 1. The lowest BCUT2D eigenvalue weighted by molar-refractivity contribution is 0.0938. The average Bonchev–Trinajstić information content (AvgIpc) is 2.41. The van der Waals surface area contributed by atoms with Gasteiger partial charge in [-0.25, -0.2) is 8.78 Å². The minimum atomic E-state index is -0.813. The van der Waals surface area contributed by atoms with E-state index in [1.54, 1.807) is 18.2 Å². The fourth-order valence-electron chi connectivity index (χ4n) is 2.00. The molecular formula is C15H13BrF2N2O. The maximum atomic E-state index is 13.7. The van der Waals surface area contributed by atoms with Crippen molar-refractivity contribution in [3.8, 4) is 0 Å². The molecule has 2 rings (SSSR count). The van der Waals surface area contributed by atoms with Crippen LogP contribution in [0.1, 0.15) is 28.9 Å². The van der Waals surface area contributed by atoms with Crippen LogP contribution in [0.2, 0.25) is 0 Å². The molecule has 0 aliphatic rings. The molecule has 0 fully saturated rings. The quantitative estimate of drug-likeness (QED) is 0.823. The molecular weight excluding hydrogens is 342 g/mol. The van der Waals surface area contributed by atoms with Crippen molar-refractivity contribution in [1.82, 2.24) is 5.32 Å². The topological polar surface area (TPSA) is 55.1 Å². The Morgan fingerprint density at radius 2 is 1.76 bits per heavy atom. The second kappa shape index (κ2) is 6.22. The summed E-state index contributed by atoms with van der Waals surface area (Å²) in [5, 5.41) is 2.56. The summed E-state index contributed by atoms with van der Waals surface area (Å²) in [5.74, 6) is -1.87. The first kappa shape index (κ1) is 15.4. The summed E-state index contributed by atoms with van der Waals surface area (Å²) >= 11 is 3.22. The van der Waals surface area contributed by atoms with Crippen LogP contribution in [0.4, 0.5) is 14.5 Å². The number of nitrogen functional groups attached to an aromatic ring is 1. The van der Waals surface area contributed by atoms with Crippen LogP contribution in [0.3, 0.4) is 0 Å². The van der Waals surface area contributed by atoms with Gasteiger partial charge in [-0.05, 0) is 47.1 Å². The number of hydrogen-bond acceptors (Lipinski definition) is 2. The van der Waals surface area contributed by atoms with Crippen LogP contribution < -0.4 is 11.1 Å². The van der Waals surface area contributed by atoms with Gasteiger partial charge in [0, 0.05) is 11.3 Å². The first-order valence-electron chi connectivity index (χ1n) is 6.20. The number of amides is 1. The molecule has 0 heterocycles. The molecule has 0 saturated heterocycles. The molecule has 21 heavy (non-hydrogen) atoms. The van der Waals surface area contributed by atoms with Crippen molar-refractivity contribution in [1.29, 1.82) is 0 Å². The Balaban J connectivity index is 2.25. The molecule has 0 aliphatic carbocycles. The van der Waals surface area contributed by atoms with Gasteiger partial charge in [0.2, 0.25) is 0 Å². The Morgan fingerprint density at radius 1 is 1.19 bits per heavy atom. The largest absolute Gasteiger partial charge is 0.398 e. The van der Waals surface area contributed by atoms with E-state index in [0.29, 0.717) is 15.7 Å². The highest BCUT2D eigenvalue weighted by Gasteiger charge is 2.20. The molecule has 0 saturated carbocycles. The predicted octanol–water partition coefficient (Wildman–Crippen LogP) is 3.80. The number of hydrogen-bond donors (Lipinski definition) is 2. The fourth-order valence-corrected chi connectivity index (χ4v) is 2.44. The number of halogens is 3. The number of nitrogens with one attached hydrogen (secondary N) is 1. The number of carbonyl (C=O) groups is 1.